The summed E-state index contributed by atoms with van der Waals surface area (Å²) in [4.78, 5) is 20.3. The molecule has 0 radical (unpaired) electrons. The molecule has 0 aliphatic rings. The molecule has 0 atom stereocenters. The van der Waals surface area contributed by atoms with Gasteiger partial charge in [0.1, 0.15) is 17.9 Å². The zero-order valence-corrected chi connectivity index (χ0v) is 21.5. The lowest BCUT2D eigenvalue weighted by atomic mass is 10.2. The number of ether oxygens (including phenoxy) is 2. The molecule has 0 amide bonds. The average molecular weight is 516 g/mol. The molecule has 0 fully saturated rings. The highest BCUT2D eigenvalue weighted by Gasteiger charge is 2.17. The number of carbonyl (C=O) groups excluding carboxylic acids is 1. The number of aromatic nitrogens is 2. The summed E-state index contributed by atoms with van der Waals surface area (Å²) in [5.74, 6) is 0.689. The van der Waals surface area contributed by atoms with E-state index < -0.39 is 13.1 Å². The summed E-state index contributed by atoms with van der Waals surface area (Å²) in [6.07, 6.45) is 1.47. The van der Waals surface area contributed by atoms with Gasteiger partial charge in [0.2, 0.25) is 5.95 Å². The first-order valence-electron chi connectivity index (χ1n) is 10.5. The van der Waals surface area contributed by atoms with Crippen LogP contribution in [-0.2, 0) is 14.1 Å². The van der Waals surface area contributed by atoms with E-state index in [-0.39, 0.29) is 12.5 Å². The van der Waals surface area contributed by atoms with Crippen LogP contribution < -0.4 is 26.0 Å². The smallest absolute Gasteiger partial charge is 0.334 e. The predicted octanol–water partition coefficient (Wildman–Crippen LogP) is 5.01. The summed E-state index contributed by atoms with van der Waals surface area (Å²) in [5, 5.41) is 10.4. The van der Waals surface area contributed by atoms with Gasteiger partial charge < -0.3 is 30.0 Å². The van der Waals surface area contributed by atoms with Crippen molar-refractivity contribution in [1.82, 2.24) is 9.97 Å². The fourth-order valence-electron chi connectivity index (χ4n) is 3.15. The number of para-hydroxylation sites is 1. The Bertz CT molecular complexity index is 1290. The van der Waals surface area contributed by atoms with E-state index in [2.05, 4.69) is 37.2 Å². The summed E-state index contributed by atoms with van der Waals surface area (Å²) in [6.45, 7) is 7.32. The molecular formula is C24H27ClN5O4P. The Labute approximate surface area is 209 Å². The van der Waals surface area contributed by atoms with Crippen LogP contribution in [0.1, 0.15) is 0 Å². The fraction of sp³-hybridized carbons (Fsp3) is 0.208. The van der Waals surface area contributed by atoms with Gasteiger partial charge in [-0.05, 0) is 43.7 Å². The highest BCUT2D eigenvalue weighted by molar-refractivity contribution is 7.70. The van der Waals surface area contributed by atoms with Crippen LogP contribution in [0.2, 0.25) is 5.02 Å². The number of halogens is 1. The van der Waals surface area contributed by atoms with Gasteiger partial charge in [0, 0.05) is 23.1 Å². The molecule has 0 bridgehead atoms. The molecule has 1 heterocycles. The van der Waals surface area contributed by atoms with E-state index in [0.717, 1.165) is 0 Å². The van der Waals surface area contributed by atoms with Crippen molar-refractivity contribution in [3.63, 3.8) is 0 Å². The Hall–Kier alpha value is -3.55. The topological polar surface area (TPSA) is 114 Å². The minimum absolute atomic E-state index is 0.210. The summed E-state index contributed by atoms with van der Waals surface area (Å²) in [7, 11) is 0.318. The molecule has 0 spiro atoms. The molecule has 2 aromatic carbocycles. The first-order chi connectivity index (χ1) is 16.6. The van der Waals surface area contributed by atoms with Gasteiger partial charge in [-0.2, -0.15) is 4.98 Å². The van der Waals surface area contributed by atoms with Gasteiger partial charge in [0.25, 0.3) is 0 Å². The molecule has 11 heteroatoms. The van der Waals surface area contributed by atoms with Crippen LogP contribution in [0.3, 0.4) is 0 Å². The zero-order valence-electron chi connectivity index (χ0n) is 19.9. The number of nitrogens with zero attached hydrogens (tertiary/aromatic N) is 2. The van der Waals surface area contributed by atoms with Crippen LogP contribution in [0.25, 0.3) is 0 Å². The van der Waals surface area contributed by atoms with Crippen LogP contribution in [-0.4, -0.2) is 50.0 Å². The molecule has 3 N–H and O–H groups in total. The first kappa shape index (κ1) is 26.1. The average Bonchev–Trinajstić information content (AvgIpc) is 2.83. The molecule has 3 aromatic rings. The maximum Gasteiger partial charge on any atom is 0.334 e. The Balaban J connectivity index is 1.85. The number of nitrogens with one attached hydrogen (secondary N) is 3. The predicted molar refractivity (Wildman–Crippen MR) is 142 cm³/mol. The van der Waals surface area contributed by atoms with Crippen molar-refractivity contribution in [3.8, 4) is 5.75 Å². The van der Waals surface area contributed by atoms with Crippen molar-refractivity contribution in [1.29, 1.82) is 0 Å². The summed E-state index contributed by atoms with van der Waals surface area (Å²) >= 11 is 6.34. The third-order valence-electron chi connectivity index (χ3n) is 4.91. The van der Waals surface area contributed by atoms with Crippen molar-refractivity contribution in [2.24, 2.45) is 0 Å². The van der Waals surface area contributed by atoms with E-state index in [1.165, 1.54) is 13.3 Å². The number of rotatable bonds is 10. The minimum atomic E-state index is -2.54. The second-order valence-corrected chi connectivity index (χ2v) is 11.5. The van der Waals surface area contributed by atoms with Gasteiger partial charge in [-0.1, -0.05) is 30.3 Å². The standard InChI is InChI=1S/C24H27ClN5O4P/c1-15(23(31)34-3)13-26-16-10-11-20(33-2)19(12-16)29-24-27-14-17(25)22(30-24)28-18-8-6-7-9-21(18)35(4,5)32/h6-12,14,26H,1,13H2,2-5H3,(H2,27,28,29,30). The van der Waals surface area contributed by atoms with E-state index >= 15 is 0 Å². The molecule has 3 rings (SSSR count). The van der Waals surface area contributed by atoms with Crippen LogP contribution in [0.5, 0.6) is 5.75 Å². The van der Waals surface area contributed by atoms with Gasteiger partial charge in [0.15, 0.2) is 5.82 Å². The SMILES string of the molecule is C=C(CNc1ccc(OC)c(Nc2ncc(Cl)c(Nc3ccccc3P(C)(C)=O)n2)c1)C(=O)OC. The number of hydrogen-bond acceptors (Lipinski definition) is 9. The Morgan fingerprint density at radius 1 is 1.11 bits per heavy atom. The van der Waals surface area contributed by atoms with Crippen molar-refractivity contribution >= 4 is 58.8 Å². The maximum atomic E-state index is 12.7. The quantitative estimate of drug-likeness (QED) is 0.194. The highest BCUT2D eigenvalue weighted by Crippen LogP contribution is 2.39. The fourth-order valence-corrected chi connectivity index (χ4v) is 4.45. The number of anilines is 5. The van der Waals surface area contributed by atoms with Crippen LogP contribution in [0, 0.1) is 0 Å². The first-order valence-corrected chi connectivity index (χ1v) is 13.5. The monoisotopic (exact) mass is 515 g/mol. The third-order valence-corrected chi connectivity index (χ3v) is 6.73. The van der Waals surface area contributed by atoms with Crippen molar-refractivity contribution in [3.05, 3.63) is 65.8 Å². The van der Waals surface area contributed by atoms with Crippen molar-refractivity contribution in [2.75, 3.05) is 50.0 Å². The lowest BCUT2D eigenvalue weighted by molar-refractivity contribution is -0.136. The van der Waals surface area contributed by atoms with E-state index in [1.807, 2.05) is 24.3 Å². The lowest BCUT2D eigenvalue weighted by Crippen LogP contribution is -2.13. The molecule has 9 nitrogen and oxygen atoms in total. The van der Waals surface area contributed by atoms with Gasteiger partial charge in [-0.15, -0.1) is 0 Å². The summed E-state index contributed by atoms with van der Waals surface area (Å²) in [5.41, 5.74) is 2.24. The van der Waals surface area contributed by atoms with Gasteiger partial charge in [-0.25, -0.2) is 9.78 Å². The molecule has 0 aliphatic carbocycles. The Morgan fingerprint density at radius 2 is 1.86 bits per heavy atom. The molecule has 35 heavy (non-hydrogen) atoms. The third kappa shape index (κ3) is 6.74. The van der Waals surface area contributed by atoms with Gasteiger partial charge in [0.05, 0.1) is 31.8 Å². The zero-order chi connectivity index (χ0) is 25.6. The summed E-state index contributed by atoms with van der Waals surface area (Å²) < 4.78 is 22.8. The normalized spacial score (nSPS) is 10.9. The molecule has 0 saturated heterocycles. The lowest BCUT2D eigenvalue weighted by Gasteiger charge is -2.16. The second kappa shape index (κ2) is 11.3. The van der Waals surface area contributed by atoms with Crippen molar-refractivity contribution < 1.29 is 18.8 Å². The van der Waals surface area contributed by atoms with Crippen LogP contribution in [0.15, 0.2) is 60.8 Å². The van der Waals surface area contributed by atoms with Gasteiger partial charge in [-0.3, -0.25) is 0 Å². The number of methoxy groups -OCH3 is 2. The number of carbonyl (C=O) groups is 1. The molecule has 0 saturated carbocycles. The van der Waals surface area contributed by atoms with E-state index in [0.29, 0.717) is 44.5 Å². The largest absolute Gasteiger partial charge is 0.495 e. The van der Waals surface area contributed by atoms with E-state index in [9.17, 15) is 9.36 Å². The van der Waals surface area contributed by atoms with E-state index in [4.69, 9.17) is 16.3 Å². The maximum absolute atomic E-state index is 12.7. The molecule has 184 valence electrons. The van der Waals surface area contributed by atoms with Crippen LogP contribution >= 0.6 is 18.7 Å². The summed E-state index contributed by atoms with van der Waals surface area (Å²) in [6, 6.07) is 12.7. The number of hydrogen-bond donors (Lipinski definition) is 3. The molecule has 0 aliphatic heterocycles. The molecular weight excluding hydrogens is 489 g/mol. The second-order valence-electron chi connectivity index (χ2n) is 7.87. The number of benzene rings is 2. The van der Waals surface area contributed by atoms with Gasteiger partial charge >= 0.3 is 5.97 Å². The Morgan fingerprint density at radius 3 is 2.54 bits per heavy atom. The Kier molecular flexibility index (Phi) is 8.38. The highest BCUT2D eigenvalue weighted by atomic mass is 35.5. The van der Waals surface area contributed by atoms with Crippen LogP contribution in [0.4, 0.5) is 28.8 Å². The molecule has 1 aromatic heterocycles. The molecule has 0 unspecified atom stereocenters. The van der Waals surface area contributed by atoms with E-state index in [1.54, 1.807) is 38.6 Å². The minimum Gasteiger partial charge on any atom is -0.495 e. The van der Waals surface area contributed by atoms with Crippen molar-refractivity contribution in [2.45, 2.75) is 0 Å². The number of esters is 1.